The number of nitro groups is 1. The lowest BCUT2D eigenvalue weighted by atomic mass is 10.1. The van der Waals surface area contributed by atoms with Gasteiger partial charge in [0.15, 0.2) is 0 Å². The average molecular weight is 239 g/mol. The Hall–Kier alpha value is -2.80. The van der Waals surface area contributed by atoms with Crippen molar-refractivity contribution in [3.8, 4) is 17.6 Å². The van der Waals surface area contributed by atoms with Gasteiger partial charge in [-0.1, -0.05) is 36.1 Å². The third-order valence-electron chi connectivity index (χ3n) is 2.32. The maximum Gasteiger partial charge on any atom is 0.288 e. The standard InChI is InChI=1S/C14H9NO3/c16-14-8-4-7-13(15(17)18)12(14)10-9-11-5-2-1-3-6-11/h1-8,16H. The molecule has 0 radical (unpaired) electrons. The number of benzene rings is 2. The quantitative estimate of drug-likeness (QED) is 0.472. The van der Waals surface area contributed by atoms with Crippen LogP contribution in [-0.2, 0) is 0 Å². The van der Waals surface area contributed by atoms with Crippen molar-refractivity contribution < 1.29 is 10.0 Å². The van der Waals surface area contributed by atoms with Crippen LogP contribution < -0.4 is 0 Å². The molecule has 0 aliphatic heterocycles. The zero-order valence-corrected chi connectivity index (χ0v) is 9.33. The minimum atomic E-state index is -0.561. The summed E-state index contributed by atoms with van der Waals surface area (Å²) in [7, 11) is 0. The molecule has 2 rings (SSSR count). The van der Waals surface area contributed by atoms with Crippen LogP contribution in [0.25, 0.3) is 0 Å². The topological polar surface area (TPSA) is 63.4 Å². The first-order chi connectivity index (χ1) is 8.68. The van der Waals surface area contributed by atoms with Crippen molar-refractivity contribution in [3.63, 3.8) is 0 Å². The van der Waals surface area contributed by atoms with Gasteiger partial charge in [-0.2, -0.15) is 0 Å². The summed E-state index contributed by atoms with van der Waals surface area (Å²) in [5.74, 6) is 5.23. The Morgan fingerprint density at radius 2 is 1.72 bits per heavy atom. The van der Waals surface area contributed by atoms with Gasteiger partial charge in [-0.25, -0.2) is 0 Å². The molecule has 0 saturated heterocycles. The molecule has 18 heavy (non-hydrogen) atoms. The number of hydrogen-bond donors (Lipinski definition) is 1. The Kier molecular flexibility index (Phi) is 3.26. The van der Waals surface area contributed by atoms with Gasteiger partial charge in [0.25, 0.3) is 5.69 Å². The van der Waals surface area contributed by atoms with Crippen molar-refractivity contribution in [1.29, 1.82) is 0 Å². The second-order valence-corrected chi connectivity index (χ2v) is 3.54. The summed E-state index contributed by atoms with van der Waals surface area (Å²) in [6.07, 6.45) is 0. The molecule has 0 aromatic heterocycles. The molecule has 2 aromatic rings. The lowest BCUT2D eigenvalue weighted by Gasteiger charge is -1.97. The van der Waals surface area contributed by atoms with Crippen LogP contribution in [0.4, 0.5) is 5.69 Å². The predicted octanol–water partition coefficient (Wildman–Crippen LogP) is 2.70. The summed E-state index contributed by atoms with van der Waals surface area (Å²) in [5.41, 5.74) is 0.569. The molecule has 0 aliphatic carbocycles. The first-order valence-corrected chi connectivity index (χ1v) is 5.22. The van der Waals surface area contributed by atoms with Crippen molar-refractivity contribution in [2.24, 2.45) is 0 Å². The van der Waals surface area contributed by atoms with E-state index in [-0.39, 0.29) is 17.0 Å². The van der Waals surface area contributed by atoms with Crippen molar-refractivity contribution >= 4 is 5.69 Å². The maximum absolute atomic E-state index is 10.8. The molecule has 0 unspecified atom stereocenters. The molecule has 0 bridgehead atoms. The number of phenols is 1. The Bertz CT molecular complexity index is 639. The van der Waals surface area contributed by atoms with E-state index in [9.17, 15) is 15.2 Å². The molecule has 0 spiro atoms. The van der Waals surface area contributed by atoms with E-state index in [1.54, 1.807) is 12.1 Å². The summed E-state index contributed by atoms with van der Waals surface area (Å²) < 4.78 is 0. The molecule has 4 heteroatoms. The highest BCUT2D eigenvalue weighted by atomic mass is 16.6. The van der Waals surface area contributed by atoms with E-state index < -0.39 is 4.92 Å². The van der Waals surface area contributed by atoms with Crippen molar-refractivity contribution in [2.75, 3.05) is 0 Å². The van der Waals surface area contributed by atoms with Crippen LogP contribution in [0.2, 0.25) is 0 Å². The summed E-state index contributed by atoms with van der Waals surface area (Å²) in [6, 6.07) is 13.2. The minimum absolute atomic E-state index is 0.0337. The van der Waals surface area contributed by atoms with Crippen LogP contribution in [0.15, 0.2) is 48.5 Å². The Morgan fingerprint density at radius 3 is 2.39 bits per heavy atom. The Morgan fingerprint density at radius 1 is 1.00 bits per heavy atom. The summed E-state index contributed by atoms with van der Waals surface area (Å²) in [4.78, 5) is 10.3. The van der Waals surface area contributed by atoms with E-state index in [4.69, 9.17) is 0 Å². The molecule has 4 nitrogen and oxygen atoms in total. The monoisotopic (exact) mass is 239 g/mol. The van der Waals surface area contributed by atoms with E-state index in [0.717, 1.165) is 5.56 Å². The van der Waals surface area contributed by atoms with Crippen molar-refractivity contribution in [2.45, 2.75) is 0 Å². The number of nitrogens with zero attached hydrogens (tertiary/aromatic N) is 1. The SMILES string of the molecule is O=[N+]([O-])c1cccc(O)c1C#Cc1ccccc1. The smallest absolute Gasteiger partial charge is 0.288 e. The Labute approximate surface area is 104 Å². The second kappa shape index (κ2) is 5.02. The van der Waals surface area contributed by atoms with E-state index in [1.807, 2.05) is 18.2 Å². The number of phenolic OH excluding ortho intramolecular Hbond substituents is 1. The molecule has 0 amide bonds. The lowest BCUT2D eigenvalue weighted by molar-refractivity contribution is -0.385. The van der Waals surface area contributed by atoms with Crippen LogP contribution in [0.1, 0.15) is 11.1 Å². The highest BCUT2D eigenvalue weighted by molar-refractivity contribution is 5.59. The minimum Gasteiger partial charge on any atom is -0.506 e. The molecular weight excluding hydrogens is 230 g/mol. The lowest BCUT2D eigenvalue weighted by Crippen LogP contribution is -1.92. The first kappa shape index (κ1) is 11.7. The summed E-state index contributed by atoms with van der Waals surface area (Å²) >= 11 is 0. The molecule has 88 valence electrons. The van der Waals surface area contributed by atoms with Crippen LogP contribution >= 0.6 is 0 Å². The molecule has 1 N–H and O–H groups in total. The van der Waals surface area contributed by atoms with E-state index in [1.165, 1.54) is 18.2 Å². The third kappa shape index (κ3) is 2.47. The van der Waals surface area contributed by atoms with Gasteiger partial charge in [-0.3, -0.25) is 10.1 Å². The Balaban J connectivity index is 2.47. The fourth-order valence-corrected chi connectivity index (χ4v) is 1.46. The first-order valence-electron chi connectivity index (χ1n) is 5.22. The van der Waals surface area contributed by atoms with Gasteiger partial charge in [-0.05, 0) is 18.2 Å². The fraction of sp³-hybridized carbons (Fsp3) is 0. The molecule has 0 saturated carbocycles. The van der Waals surface area contributed by atoms with Gasteiger partial charge in [0.2, 0.25) is 0 Å². The largest absolute Gasteiger partial charge is 0.506 e. The molecular formula is C14H9NO3. The highest BCUT2D eigenvalue weighted by Gasteiger charge is 2.14. The molecule has 0 fully saturated rings. The normalized spacial score (nSPS) is 9.33. The van der Waals surface area contributed by atoms with Gasteiger partial charge in [0, 0.05) is 11.6 Å². The van der Waals surface area contributed by atoms with Crippen LogP contribution in [0, 0.1) is 22.0 Å². The number of aromatic hydroxyl groups is 1. The van der Waals surface area contributed by atoms with Crippen LogP contribution in [-0.4, -0.2) is 10.0 Å². The average Bonchev–Trinajstić information content (AvgIpc) is 2.38. The van der Waals surface area contributed by atoms with Gasteiger partial charge in [-0.15, -0.1) is 0 Å². The molecule has 0 aliphatic rings. The molecule has 0 atom stereocenters. The van der Waals surface area contributed by atoms with E-state index in [0.29, 0.717) is 0 Å². The zero-order valence-electron chi connectivity index (χ0n) is 9.33. The number of hydrogen-bond acceptors (Lipinski definition) is 3. The summed E-state index contributed by atoms with van der Waals surface area (Å²) in [6.45, 7) is 0. The van der Waals surface area contributed by atoms with Crippen molar-refractivity contribution in [3.05, 3.63) is 69.8 Å². The second-order valence-electron chi connectivity index (χ2n) is 3.54. The van der Waals surface area contributed by atoms with Gasteiger partial charge in [0.1, 0.15) is 11.3 Å². The van der Waals surface area contributed by atoms with Gasteiger partial charge >= 0.3 is 0 Å². The van der Waals surface area contributed by atoms with E-state index in [2.05, 4.69) is 11.8 Å². The van der Waals surface area contributed by atoms with E-state index >= 15 is 0 Å². The molecule has 0 heterocycles. The third-order valence-corrected chi connectivity index (χ3v) is 2.32. The number of rotatable bonds is 1. The van der Waals surface area contributed by atoms with Gasteiger partial charge < -0.3 is 5.11 Å². The van der Waals surface area contributed by atoms with Crippen LogP contribution in [0.5, 0.6) is 5.75 Å². The van der Waals surface area contributed by atoms with Crippen molar-refractivity contribution in [1.82, 2.24) is 0 Å². The predicted molar refractivity (Wildman–Crippen MR) is 67.2 cm³/mol. The fourth-order valence-electron chi connectivity index (χ4n) is 1.46. The number of nitro benzene ring substituents is 1. The highest BCUT2D eigenvalue weighted by Crippen LogP contribution is 2.25. The maximum atomic E-state index is 10.8. The van der Waals surface area contributed by atoms with Gasteiger partial charge in [0.05, 0.1) is 4.92 Å². The molecule has 2 aromatic carbocycles. The summed E-state index contributed by atoms with van der Waals surface area (Å²) in [5, 5.41) is 20.4. The van der Waals surface area contributed by atoms with Crippen LogP contribution in [0.3, 0.4) is 0 Å². The zero-order chi connectivity index (χ0) is 13.0.